The Morgan fingerprint density at radius 3 is 2.42 bits per heavy atom. The van der Waals surface area contributed by atoms with Crippen molar-refractivity contribution in [3.05, 3.63) is 70.2 Å². The average molecular weight is 384 g/mol. The molecule has 2 aromatic carbocycles. The summed E-state index contributed by atoms with van der Waals surface area (Å²) in [5.74, 6) is 0.0342. The van der Waals surface area contributed by atoms with Gasteiger partial charge in [-0.05, 0) is 41.7 Å². The molecule has 2 heterocycles. The fourth-order valence-corrected chi connectivity index (χ4v) is 4.02. The zero-order valence-electron chi connectivity index (χ0n) is 13.2. The van der Waals surface area contributed by atoms with Gasteiger partial charge in [0.1, 0.15) is 0 Å². The molecule has 2 aliphatic heterocycles. The van der Waals surface area contributed by atoms with Gasteiger partial charge in [0.2, 0.25) is 0 Å². The van der Waals surface area contributed by atoms with Gasteiger partial charge >= 0.3 is 0 Å². The predicted octanol–water partition coefficient (Wildman–Crippen LogP) is 3.73. The summed E-state index contributed by atoms with van der Waals surface area (Å²) in [6, 6.07) is 18.1. The van der Waals surface area contributed by atoms with Gasteiger partial charge in [0.15, 0.2) is 0 Å². The fourth-order valence-electron chi connectivity index (χ4n) is 3.76. The average Bonchev–Trinajstić information content (AvgIpc) is 2.97. The molecule has 1 saturated heterocycles. The molecule has 0 aliphatic carbocycles. The van der Waals surface area contributed by atoms with Crippen molar-refractivity contribution in [3.63, 3.8) is 0 Å². The minimum absolute atomic E-state index is 0.0342. The standard InChI is InChI=1S/C20H18BrNO2/c21-15-8-6-13(7-9-15)18-11-16-10-17(23)12-22(16)20(24)19(18)14-4-2-1-3-5-14/h1-9,16-17,23H,10-12H2/t16-,17-/m1/s1. The third-order valence-electron chi connectivity index (χ3n) is 4.86. The number of amides is 1. The second-order valence-electron chi connectivity index (χ2n) is 6.43. The van der Waals surface area contributed by atoms with Crippen molar-refractivity contribution in [1.82, 2.24) is 4.90 Å². The molecule has 2 atom stereocenters. The zero-order valence-corrected chi connectivity index (χ0v) is 14.7. The van der Waals surface area contributed by atoms with Crippen LogP contribution in [-0.4, -0.2) is 34.6 Å². The number of carbonyl (C=O) groups excluding carboxylic acids is 1. The maximum atomic E-state index is 13.2. The summed E-state index contributed by atoms with van der Waals surface area (Å²) < 4.78 is 1.02. The minimum Gasteiger partial charge on any atom is -0.391 e. The first-order valence-corrected chi connectivity index (χ1v) is 8.96. The lowest BCUT2D eigenvalue weighted by Gasteiger charge is -2.33. The highest BCUT2D eigenvalue weighted by Gasteiger charge is 2.41. The summed E-state index contributed by atoms with van der Waals surface area (Å²) in [6.07, 6.45) is 1.03. The second kappa shape index (κ2) is 6.19. The summed E-state index contributed by atoms with van der Waals surface area (Å²) in [7, 11) is 0. The van der Waals surface area contributed by atoms with Crippen LogP contribution in [0.3, 0.4) is 0 Å². The molecule has 0 spiro atoms. The Morgan fingerprint density at radius 2 is 1.71 bits per heavy atom. The van der Waals surface area contributed by atoms with E-state index in [4.69, 9.17) is 0 Å². The van der Waals surface area contributed by atoms with Crippen molar-refractivity contribution in [2.45, 2.75) is 25.0 Å². The van der Waals surface area contributed by atoms with E-state index in [-0.39, 0.29) is 11.9 Å². The number of aliphatic hydroxyl groups excluding tert-OH is 1. The number of halogens is 1. The van der Waals surface area contributed by atoms with Crippen molar-refractivity contribution >= 4 is 33.0 Å². The van der Waals surface area contributed by atoms with E-state index < -0.39 is 6.10 Å². The van der Waals surface area contributed by atoms with Crippen LogP contribution in [-0.2, 0) is 4.79 Å². The molecule has 1 amide bonds. The van der Waals surface area contributed by atoms with Gasteiger partial charge in [0.05, 0.1) is 11.7 Å². The lowest BCUT2D eigenvalue weighted by Crippen LogP contribution is -2.40. The maximum Gasteiger partial charge on any atom is 0.255 e. The van der Waals surface area contributed by atoms with Crippen LogP contribution < -0.4 is 0 Å². The lowest BCUT2D eigenvalue weighted by atomic mass is 9.85. The second-order valence-corrected chi connectivity index (χ2v) is 7.35. The third-order valence-corrected chi connectivity index (χ3v) is 5.39. The van der Waals surface area contributed by atoms with E-state index in [2.05, 4.69) is 28.1 Å². The molecule has 1 N–H and O–H groups in total. The number of fused-ring (bicyclic) bond motifs is 1. The van der Waals surface area contributed by atoms with E-state index in [1.807, 2.05) is 47.4 Å². The summed E-state index contributed by atoms with van der Waals surface area (Å²) in [4.78, 5) is 15.0. The van der Waals surface area contributed by atoms with Crippen molar-refractivity contribution in [2.24, 2.45) is 0 Å². The van der Waals surface area contributed by atoms with Crippen LogP contribution in [0.1, 0.15) is 24.0 Å². The summed E-state index contributed by atoms with van der Waals surface area (Å²) >= 11 is 3.47. The van der Waals surface area contributed by atoms with E-state index in [0.29, 0.717) is 13.0 Å². The molecule has 122 valence electrons. The van der Waals surface area contributed by atoms with E-state index in [1.165, 1.54) is 0 Å². The van der Waals surface area contributed by atoms with Crippen molar-refractivity contribution in [2.75, 3.05) is 6.54 Å². The molecule has 3 nitrogen and oxygen atoms in total. The third kappa shape index (κ3) is 2.70. The lowest BCUT2D eigenvalue weighted by molar-refractivity contribution is -0.126. The van der Waals surface area contributed by atoms with Crippen LogP contribution in [0.25, 0.3) is 11.1 Å². The van der Waals surface area contributed by atoms with Crippen LogP contribution in [0.2, 0.25) is 0 Å². The predicted molar refractivity (Wildman–Crippen MR) is 98.1 cm³/mol. The van der Waals surface area contributed by atoms with Crippen molar-refractivity contribution in [1.29, 1.82) is 0 Å². The van der Waals surface area contributed by atoms with E-state index >= 15 is 0 Å². The molecule has 24 heavy (non-hydrogen) atoms. The van der Waals surface area contributed by atoms with E-state index in [1.54, 1.807) is 0 Å². The van der Waals surface area contributed by atoms with Gasteiger partial charge in [0, 0.05) is 17.1 Å². The quantitative estimate of drug-likeness (QED) is 0.858. The molecule has 0 unspecified atom stereocenters. The molecule has 0 radical (unpaired) electrons. The molecular weight excluding hydrogens is 366 g/mol. The van der Waals surface area contributed by atoms with Gasteiger partial charge in [-0.3, -0.25) is 4.79 Å². The molecule has 0 aromatic heterocycles. The Morgan fingerprint density at radius 1 is 1.00 bits per heavy atom. The Bertz CT molecular complexity index is 798. The highest BCUT2D eigenvalue weighted by Crippen LogP contribution is 2.40. The topological polar surface area (TPSA) is 40.5 Å². The Kier molecular flexibility index (Phi) is 4.02. The highest BCUT2D eigenvalue weighted by molar-refractivity contribution is 9.10. The van der Waals surface area contributed by atoms with Crippen LogP contribution in [0.5, 0.6) is 0 Å². The van der Waals surface area contributed by atoms with Gasteiger partial charge in [-0.15, -0.1) is 0 Å². The molecule has 4 rings (SSSR count). The minimum atomic E-state index is -0.416. The van der Waals surface area contributed by atoms with E-state index in [0.717, 1.165) is 33.2 Å². The van der Waals surface area contributed by atoms with Crippen molar-refractivity contribution < 1.29 is 9.90 Å². The van der Waals surface area contributed by atoms with Crippen LogP contribution in [0, 0.1) is 0 Å². The molecule has 2 aromatic rings. The van der Waals surface area contributed by atoms with Gasteiger partial charge in [-0.1, -0.05) is 58.4 Å². The Balaban J connectivity index is 1.87. The number of hydrogen-bond donors (Lipinski definition) is 1. The first kappa shape index (κ1) is 15.6. The van der Waals surface area contributed by atoms with Gasteiger partial charge in [-0.2, -0.15) is 0 Å². The SMILES string of the molecule is O=C1C(c2ccccc2)=C(c2ccc(Br)cc2)C[C@H]2C[C@@H](O)CN12. The molecule has 1 fully saturated rings. The number of benzene rings is 2. The van der Waals surface area contributed by atoms with Gasteiger partial charge in [0.25, 0.3) is 5.91 Å². The van der Waals surface area contributed by atoms with Crippen LogP contribution in [0.15, 0.2) is 59.1 Å². The van der Waals surface area contributed by atoms with E-state index in [9.17, 15) is 9.90 Å². The molecular formula is C20H18BrNO2. The Hall–Kier alpha value is -1.91. The van der Waals surface area contributed by atoms with Crippen LogP contribution >= 0.6 is 15.9 Å². The van der Waals surface area contributed by atoms with Gasteiger partial charge < -0.3 is 10.0 Å². The molecule has 4 heteroatoms. The molecule has 0 bridgehead atoms. The Labute approximate surface area is 149 Å². The first-order chi connectivity index (χ1) is 11.6. The normalized spacial score (nSPS) is 23.6. The highest BCUT2D eigenvalue weighted by atomic mass is 79.9. The molecule has 2 aliphatic rings. The number of nitrogens with zero attached hydrogens (tertiary/aromatic N) is 1. The number of rotatable bonds is 2. The number of aliphatic hydroxyl groups is 1. The molecule has 0 saturated carbocycles. The summed E-state index contributed by atoms with van der Waals surface area (Å²) in [5, 5.41) is 10.0. The summed E-state index contributed by atoms with van der Waals surface area (Å²) in [5.41, 5.74) is 3.86. The van der Waals surface area contributed by atoms with Crippen molar-refractivity contribution in [3.8, 4) is 0 Å². The number of carbonyl (C=O) groups is 1. The first-order valence-electron chi connectivity index (χ1n) is 8.17. The maximum absolute atomic E-state index is 13.2. The fraction of sp³-hybridized carbons (Fsp3) is 0.250. The smallest absolute Gasteiger partial charge is 0.255 e. The van der Waals surface area contributed by atoms with Crippen LogP contribution in [0.4, 0.5) is 0 Å². The summed E-state index contributed by atoms with van der Waals surface area (Å²) in [6.45, 7) is 0.438. The number of hydrogen-bond acceptors (Lipinski definition) is 2. The largest absolute Gasteiger partial charge is 0.391 e. The monoisotopic (exact) mass is 383 g/mol. The van der Waals surface area contributed by atoms with Gasteiger partial charge in [-0.25, -0.2) is 0 Å². The zero-order chi connectivity index (χ0) is 16.7.